The molecule has 0 saturated carbocycles. The van der Waals surface area contributed by atoms with Gasteiger partial charge in [0.25, 0.3) is 11.6 Å². The number of amides is 1. The highest BCUT2D eigenvalue weighted by Crippen LogP contribution is 2.43. The highest BCUT2D eigenvalue weighted by atomic mass is 35.5. The molecule has 0 spiro atoms. The number of allylic oxidation sites excluding steroid dienone is 1. The fourth-order valence-corrected chi connectivity index (χ4v) is 7.83. The van der Waals surface area contributed by atoms with E-state index in [-0.39, 0.29) is 11.1 Å². The van der Waals surface area contributed by atoms with Crippen molar-refractivity contribution < 1.29 is 14.5 Å². The lowest BCUT2D eigenvalue weighted by atomic mass is 9.72. The van der Waals surface area contributed by atoms with Gasteiger partial charge in [-0.2, -0.15) is 0 Å². The monoisotopic (exact) mass is 751 g/mol. The van der Waals surface area contributed by atoms with Crippen LogP contribution in [0.1, 0.15) is 49.0 Å². The van der Waals surface area contributed by atoms with E-state index in [4.69, 9.17) is 16.3 Å². The fraction of sp³-hybridized carbons (Fsp3) is 0.300. The fourth-order valence-electron chi connectivity index (χ4n) is 7.08. The van der Waals surface area contributed by atoms with Crippen LogP contribution < -0.4 is 19.7 Å². The summed E-state index contributed by atoms with van der Waals surface area (Å²) in [5.41, 5.74) is 6.85. The van der Waals surface area contributed by atoms with Crippen LogP contribution in [-0.4, -0.2) is 65.5 Å². The number of nitrogens with zero attached hydrogens (tertiary/aromatic N) is 4. The van der Waals surface area contributed by atoms with Crippen LogP contribution in [-0.2, 0) is 0 Å². The van der Waals surface area contributed by atoms with Crippen molar-refractivity contribution in [3.63, 3.8) is 0 Å². The molecule has 0 atom stereocenters. The average Bonchev–Trinajstić information content (AvgIpc) is 3.63. The maximum absolute atomic E-state index is 13.6. The first kappa shape index (κ1) is 36.3. The number of carbonyl (C=O) groups excluding carboxylic acids is 1. The van der Waals surface area contributed by atoms with E-state index in [1.807, 2.05) is 42.6 Å². The molecule has 0 unspecified atom stereocenters. The lowest BCUT2D eigenvalue weighted by Crippen LogP contribution is -2.47. The Hall–Kier alpha value is -5.04. The first-order valence-corrected chi connectivity index (χ1v) is 18.9. The molecule has 1 fully saturated rings. The van der Waals surface area contributed by atoms with E-state index < -0.39 is 10.8 Å². The molecular formula is C40H42ClN7O4S. The number of anilines is 2. The van der Waals surface area contributed by atoms with Crippen LogP contribution in [0.2, 0.25) is 5.02 Å². The third kappa shape index (κ3) is 8.45. The number of halogens is 1. The summed E-state index contributed by atoms with van der Waals surface area (Å²) in [5, 5.41) is 16.0. The quantitative estimate of drug-likeness (QED) is 0.0688. The maximum atomic E-state index is 13.6. The Morgan fingerprint density at radius 1 is 1.06 bits per heavy atom. The summed E-state index contributed by atoms with van der Waals surface area (Å²) >= 11 is 7.24. The zero-order chi connectivity index (χ0) is 37.1. The Morgan fingerprint density at radius 2 is 1.85 bits per heavy atom. The predicted molar refractivity (Wildman–Crippen MR) is 213 cm³/mol. The van der Waals surface area contributed by atoms with E-state index in [0.717, 1.165) is 79.3 Å². The molecule has 2 aliphatic rings. The van der Waals surface area contributed by atoms with Gasteiger partial charge in [-0.3, -0.25) is 24.5 Å². The molecule has 0 radical (unpaired) electrons. The molecule has 3 aromatic carbocycles. The molecule has 1 aliphatic carbocycles. The number of ether oxygens (including phenoxy) is 1. The predicted octanol–water partition coefficient (Wildman–Crippen LogP) is 9.18. The van der Waals surface area contributed by atoms with Crippen molar-refractivity contribution in [2.24, 2.45) is 5.41 Å². The van der Waals surface area contributed by atoms with Crippen LogP contribution >= 0.6 is 23.5 Å². The summed E-state index contributed by atoms with van der Waals surface area (Å²) in [6.45, 7) is 9.13. The van der Waals surface area contributed by atoms with Crippen LogP contribution in [0.15, 0.2) is 95.7 Å². The van der Waals surface area contributed by atoms with Crippen molar-refractivity contribution in [3.8, 4) is 11.5 Å². The zero-order valence-electron chi connectivity index (χ0n) is 29.9. The summed E-state index contributed by atoms with van der Waals surface area (Å²) in [7, 11) is 1.62. The van der Waals surface area contributed by atoms with Gasteiger partial charge in [-0.1, -0.05) is 43.2 Å². The van der Waals surface area contributed by atoms with E-state index in [0.29, 0.717) is 27.6 Å². The average molecular weight is 752 g/mol. The van der Waals surface area contributed by atoms with Crippen molar-refractivity contribution in [1.82, 2.24) is 19.6 Å². The van der Waals surface area contributed by atoms with Gasteiger partial charge in [0.05, 0.1) is 16.7 Å². The second-order valence-corrected chi connectivity index (χ2v) is 15.6. The molecule has 5 aromatic rings. The van der Waals surface area contributed by atoms with Gasteiger partial charge >= 0.3 is 0 Å². The van der Waals surface area contributed by atoms with Crippen LogP contribution in [0.4, 0.5) is 17.1 Å². The Bertz CT molecular complexity index is 2180. The standard InChI is InChI=1S/C40H42ClN7O4S/c1-40(2)14-12-28(34(23-40)26-4-6-29(41)7-5-26)25-46-16-18-47(19-17-46)30-8-10-33(37(21-30)52-31-20-27-13-15-43-38(27)44-24-31)39(49)45-53-32-9-11-35(42-3)36(22-32)48(50)51/h4-11,13,15,20-22,24,42H,12,14,16-19,23,25H2,1-3H3,(H,43,44)(H,45,49). The molecule has 274 valence electrons. The minimum atomic E-state index is -0.454. The van der Waals surface area contributed by atoms with Gasteiger partial charge in [-0.25, -0.2) is 4.98 Å². The molecule has 1 saturated heterocycles. The molecule has 3 N–H and O–H groups in total. The number of pyridine rings is 1. The minimum absolute atomic E-state index is 0.0747. The minimum Gasteiger partial charge on any atom is -0.455 e. The zero-order valence-corrected chi connectivity index (χ0v) is 31.5. The second-order valence-electron chi connectivity index (χ2n) is 14.3. The van der Waals surface area contributed by atoms with Gasteiger partial charge < -0.3 is 19.9 Å². The van der Waals surface area contributed by atoms with Crippen molar-refractivity contribution in [2.45, 2.75) is 38.0 Å². The molecule has 1 amide bonds. The van der Waals surface area contributed by atoms with Gasteiger partial charge in [0.2, 0.25) is 0 Å². The lowest BCUT2D eigenvalue weighted by Gasteiger charge is -2.39. The summed E-state index contributed by atoms with van der Waals surface area (Å²) in [4.78, 5) is 37.7. The molecule has 53 heavy (non-hydrogen) atoms. The number of fused-ring (bicyclic) bond motifs is 1. The number of nitrogens with one attached hydrogen (secondary N) is 3. The van der Waals surface area contributed by atoms with Gasteiger partial charge in [0, 0.05) is 79.1 Å². The number of hydrogen-bond acceptors (Lipinski definition) is 9. The molecule has 13 heteroatoms. The number of hydrogen-bond donors (Lipinski definition) is 3. The molecule has 11 nitrogen and oxygen atoms in total. The highest BCUT2D eigenvalue weighted by Gasteiger charge is 2.29. The van der Waals surface area contributed by atoms with Crippen molar-refractivity contribution >= 4 is 63.1 Å². The Morgan fingerprint density at radius 3 is 2.60 bits per heavy atom. The lowest BCUT2D eigenvalue weighted by molar-refractivity contribution is -0.384. The molecule has 0 bridgehead atoms. The third-order valence-corrected chi connectivity index (χ3v) is 11.1. The largest absolute Gasteiger partial charge is 0.455 e. The number of benzene rings is 3. The first-order chi connectivity index (χ1) is 25.5. The number of rotatable bonds is 11. The summed E-state index contributed by atoms with van der Waals surface area (Å²) in [6, 6.07) is 22.5. The Kier molecular flexibility index (Phi) is 10.6. The van der Waals surface area contributed by atoms with Gasteiger partial charge in [-0.15, -0.1) is 0 Å². The van der Waals surface area contributed by atoms with E-state index in [1.54, 1.807) is 31.4 Å². The molecule has 3 heterocycles. The normalized spacial score (nSPS) is 16.1. The number of aromatic amines is 1. The van der Waals surface area contributed by atoms with Crippen LogP contribution in [0.5, 0.6) is 11.5 Å². The number of carbonyl (C=O) groups is 1. The third-order valence-electron chi connectivity index (χ3n) is 10.0. The number of nitro groups is 1. The van der Waals surface area contributed by atoms with Crippen LogP contribution in [0.3, 0.4) is 0 Å². The maximum Gasteiger partial charge on any atom is 0.293 e. The van der Waals surface area contributed by atoms with Crippen molar-refractivity contribution in [1.29, 1.82) is 0 Å². The summed E-state index contributed by atoms with van der Waals surface area (Å²) < 4.78 is 9.22. The van der Waals surface area contributed by atoms with Crippen LogP contribution in [0.25, 0.3) is 16.6 Å². The van der Waals surface area contributed by atoms with Crippen molar-refractivity contribution in [3.05, 3.63) is 117 Å². The Balaban J connectivity index is 1.08. The highest BCUT2D eigenvalue weighted by molar-refractivity contribution is 7.98. The molecule has 1 aliphatic heterocycles. The van der Waals surface area contributed by atoms with E-state index in [2.05, 4.69) is 55.8 Å². The Labute approximate surface area is 318 Å². The van der Waals surface area contributed by atoms with E-state index in [1.165, 1.54) is 29.2 Å². The van der Waals surface area contributed by atoms with Gasteiger partial charge in [0.1, 0.15) is 22.8 Å². The second kappa shape index (κ2) is 15.5. The number of H-pyrrole nitrogens is 1. The smallest absolute Gasteiger partial charge is 0.293 e. The first-order valence-electron chi connectivity index (χ1n) is 17.7. The molecule has 7 rings (SSSR count). The van der Waals surface area contributed by atoms with Crippen LogP contribution in [0, 0.1) is 15.5 Å². The topological polar surface area (TPSA) is 129 Å². The number of aromatic nitrogens is 2. The molecular weight excluding hydrogens is 710 g/mol. The number of nitro benzene ring substituents is 1. The van der Waals surface area contributed by atoms with Crippen molar-refractivity contribution in [2.75, 3.05) is 50.0 Å². The molecule has 2 aromatic heterocycles. The SMILES string of the molecule is CNc1ccc(SNC(=O)c2ccc(N3CCN(CC4=C(c5ccc(Cl)cc5)CC(C)(C)CC4)CC3)cc2Oc2cnc3[nH]ccc3c2)cc1[N+](=O)[O-]. The summed E-state index contributed by atoms with van der Waals surface area (Å²) in [5.74, 6) is 0.496. The summed E-state index contributed by atoms with van der Waals surface area (Å²) in [6.07, 6.45) is 6.77. The van der Waals surface area contributed by atoms with Gasteiger partial charge in [-0.05, 0) is 96.3 Å². The van der Waals surface area contributed by atoms with Gasteiger partial charge in [0.15, 0.2) is 0 Å². The van der Waals surface area contributed by atoms with E-state index in [9.17, 15) is 14.9 Å². The number of piperazine rings is 1. The van der Waals surface area contributed by atoms with E-state index >= 15 is 0 Å².